The van der Waals surface area contributed by atoms with Gasteiger partial charge in [0.25, 0.3) is 0 Å². The Kier molecular flexibility index (Phi) is 7.18. The summed E-state index contributed by atoms with van der Waals surface area (Å²) in [6, 6.07) is 16.0. The predicted octanol–water partition coefficient (Wildman–Crippen LogP) is 3.57. The lowest BCUT2D eigenvalue weighted by atomic mass is 9.95. The Labute approximate surface area is 180 Å². The van der Waals surface area contributed by atoms with Gasteiger partial charge in [0.15, 0.2) is 0 Å². The monoisotopic (exact) mass is 430 g/mol. The number of aromatic nitrogens is 2. The van der Waals surface area contributed by atoms with Crippen LogP contribution in [-0.2, 0) is 11.2 Å². The van der Waals surface area contributed by atoms with E-state index in [1.54, 1.807) is 12.1 Å². The van der Waals surface area contributed by atoms with Gasteiger partial charge < -0.3 is 15.2 Å². The Morgan fingerprint density at radius 1 is 1.13 bits per heavy atom. The molecule has 0 saturated carbocycles. The maximum atomic E-state index is 13.0. The molecule has 1 saturated heterocycles. The average Bonchev–Trinajstić information content (AvgIpc) is 3.36. The van der Waals surface area contributed by atoms with Gasteiger partial charge in [0, 0.05) is 43.5 Å². The van der Waals surface area contributed by atoms with E-state index >= 15 is 0 Å². The molecule has 1 aliphatic heterocycles. The molecule has 8 heteroatoms. The van der Waals surface area contributed by atoms with Crippen molar-refractivity contribution in [3.63, 3.8) is 0 Å². The third-order valence-corrected chi connectivity index (χ3v) is 5.30. The Hall–Kier alpha value is -2.77. The molecule has 0 unspecified atom stereocenters. The van der Waals surface area contributed by atoms with Crippen LogP contribution in [0.25, 0.3) is 11.4 Å². The molecule has 2 heterocycles. The minimum Gasteiger partial charge on any atom is -0.340 e. The van der Waals surface area contributed by atoms with Crippen LogP contribution in [0.1, 0.15) is 30.2 Å². The van der Waals surface area contributed by atoms with E-state index in [0.717, 1.165) is 0 Å². The lowest BCUT2D eigenvalue weighted by Gasteiger charge is -2.16. The van der Waals surface area contributed by atoms with Crippen molar-refractivity contribution in [3.8, 4) is 11.4 Å². The molecule has 6 nitrogen and oxygen atoms in total. The number of hydrogen-bond acceptors (Lipinski definition) is 5. The minimum absolute atomic E-state index is 0. The van der Waals surface area contributed by atoms with Gasteiger partial charge in [-0.1, -0.05) is 35.5 Å². The number of aryl methyl sites for hydroxylation is 1. The van der Waals surface area contributed by atoms with E-state index in [-0.39, 0.29) is 36.1 Å². The van der Waals surface area contributed by atoms with E-state index in [9.17, 15) is 9.18 Å². The Balaban J connectivity index is 0.00000256. The molecule has 1 fully saturated rings. The van der Waals surface area contributed by atoms with E-state index < -0.39 is 0 Å². The van der Waals surface area contributed by atoms with Crippen LogP contribution < -0.4 is 5.73 Å². The number of halogens is 2. The van der Waals surface area contributed by atoms with Crippen molar-refractivity contribution in [1.29, 1.82) is 0 Å². The van der Waals surface area contributed by atoms with Gasteiger partial charge >= 0.3 is 0 Å². The highest BCUT2D eigenvalue weighted by atomic mass is 35.5. The van der Waals surface area contributed by atoms with Gasteiger partial charge in [0.2, 0.25) is 17.6 Å². The average molecular weight is 431 g/mol. The maximum absolute atomic E-state index is 13.0. The first-order valence-corrected chi connectivity index (χ1v) is 9.77. The van der Waals surface area contributed by atoms with Gasteiger partial charge in [0.1, 0.15) is 5.82 Å². The molecule has 1 aromatic heterocycles. The first-order valence-electron chi connectivity index (χ1n) is 9.77. The second-order valence-corrected chi connectivity index (χ2v) is 7.35. The maximum Gasteiger partial charge on any atom is 0.226 e. The highest BCUT2D eigenvalue weighted by Gasteiger charge is 2.33. The normalized spacial score (nSPS) is 18.3. The van der Waals surface area contributed by atoms with Crippen molar-refractivity contribution in [2.24, 2.45) is 5.73 Å². The Bertz CT molecular complexity index is 965. The number of rotatable bonds is 6. The van der Waals surface area contributed by atoms with E-state index in [0.29, 0.717) is 49.6 Å². The fraction of sp³-hybridized carbons (Fsp3) is 0.318. The molecule has 30 heavy (non-hydrogen) atoms. The zero-order valence-corrected chi connectivity index (χ0v) is 17.2. The van der Waals surface area contributed by atoms with Crippen molar-refractivity contribution in [1.82, 2.24) is 15.0 Å². The molecular formula is C22H24ClFN4O2. The molecule has 0 radical (unpaired) electrons. The Morgan fingerprint density at radius 2 is 1.87 bits per heavy atom. The zero-order valence-electron chi connectivity index (χ0n) is 16.4. The summed E-state index contributed by atoms with van der Waals surface area (Å²) in [5.41, 5.74) is 8.14. The topological polar surface area (TPSA) is 85.2 Å². The fourth-order valence-corrected chi connectivity index (χ4v) is 3.71. The van der Waals surface area contributed by atoms with Crippen LogP contribution in [0.5, 0.6) is 0 Å². The molecule has 158 valence electrons. The van der Waals surface area contributed by atoms with Crippen molar-refractivity contribution in [2.75, 3.05) is 13.1 Å². The predicted molar refractivity (Wildman–Crippen MR) is 114 cm³/mol. The van der Waals surface area contributed by atoms with Crippen molar-refractivity contribution >= 4 is 18.3 Å². The number of nitrogens with zero attached hydrogens (tertiary/aromatic N) is 3. The van der Waals surface area contributed by atoms with Gasteiger partial charge in [-0.2, -0.15) is 4.98 Å². The fourth-order valence-electron chi connectivity index (χ4n) is 3.71. The molecule has 4 rings (SSSR count). The highest BCUT2D eigenvalue weighted by Crippen LogP contribution is 2.27. The summed E-state index contributed by atoms with van der Waals surface area (Å²) in [6.45, 7) is 1.23. The van der Waals surface area contributed by atoms with E-state index in [4.69, 9.17) is 10.3 Å². The van der Waals surface area contributed by atoms with Crippen molar-refractivity contribution < 1.29 is 13.7 Å². The van der Waals surface area contributed by atoms with Crippen molar-refractivity contribution in [3.05, 3.63) is 71.9 Å². The van der Waals surface area contributed by atoms with E-state index in [1.807, 2.05) is 23.1 Å². The summed E-state index contributed by atoms with van der Waals surface area (Å²) in [5, 5.41) is 3.92. The minimum atomic E-state index is -0.313. The van der Waals surface area contributed by atoms with Crippen molar-refractivity contribution in [2.45, 2.75) is 31.2 Å². The molecular weight excluding hydrogens is 407 g/mol. The molecule has 2 atom stereocenters. The summed E-state index contributed by atoms with van der Waals surface area (Å²) in [4.78, 5) is 18.8. The van der Waals surface area contributed by atoms with E-state index in [2.05, 4.69) is 22.3 Å². The molecule has 0 spiro atoms. The smallest absolute Gasteiger partial charge is 0.226 e. The number of carbonyl (C=O) groups is 1. The van der Waals surface area contributed by atoms with Crippen LogP contribution in [0.3, 0.4) is 0 Å². The van der Waals surface area contributed by atoms with Gasteiger partial charge in [-0.05, 0) is 36.2 Å². The van der Waals surface area contributed by atoms with E-state index in [1.165, 1.54) is 17.7 Å². The number of amides is 1. The standard InChI is InChI=1S/C22H23FN4O2.ClH/c23-17-11-9-16(10-12-17)22-25-20(29-26-22)7-4-8-21(28)27-13-18(19(24)14-27)15-5-2-1-3-6-15;/h1-3,5-6,9-12,18-19H,4,7-8,13-14,24H2;1H/t18-,19+;/m0./s1. The number of benzene rings is 2. The second-order valence-electron chi connectivity index (χ2n) is 7.35. The number of hydrogen-bond donors (Lipinski definition) is 1. The molecule has 3 aromatic rings. The lowest BCUT2D eigenvalue weighted by molar-refractivity contribution is -0.130. The van der Waals surface area contributed by atoms with Gasteiger partial charge in [-0.3, -0.25) is 4.79 Å². The number of likely N-dealkylation sites (tertiary alicyclic amines) is 1. The molecule has 1 aliphatic rings. The molecule has 0 aliphatic carbocycles. The molecule has 1 amide bonds. The number of carbonyl (C=O) groups excluding carboxylic acids is 1. The largest absolute Gasteiger partial charge is 0.340 e. The summed E-state index contributed by atoms with van der Waals surface area (Å²) >= 11 is 0. The van der Waals surface area contributed by atoms with Gasteiger partial charge in [-0.15, -0.1) is 12.4 Å². The first-order chi connectivity index (χ1) is 14.1. The Morgan fingerprint density at radius 3 is 2.60 bits per heavy atom. The molecule has 2 N–H and O–H groups in total. The van der Waals surface area contributed by atoms with Crippen LogP contribution >= 0.6 is 12.4 Å². The van der Waals surface area contributed by atoms with Crippen LogP contribution in [-0.4, -0.2) is 40.1 Å². The van der Waals surface area contributed by atoms with Crippen LogP contribution in [0.4, 0.5) is 4.39 Å². The summed E-state index contributed by atoms with van der Waals surface area (Å²) < 4.78 is 18.3. The molecule has 2 aromatic carbocycles. The lowest BCUT2D eigenvalue weighted by Crippen LogP contribution is -2.32. The van der Waals surface area contributed by atoms with Gasteiger partial charge in [-0.25, -0.2) is 4.39 Å². The third-order valence-electron chi connectivity index (χ3n) is 5.30. The van der Waals surface area contributed by atoms with Crippen LogP contribution in [0.2, 0.25) is 0 Å². The first kappa shape index (κ1) is 21.9. The highest BCUT2D eigenvalue weighted by molar-refractivity contribution is 5.85. The summed E-state index contributed by atoms with van der Waals surface area (Å²) in [6.07, 6.45) is 1.54. The summed E-state index contributed by atoms with van der Waals surface area (Å²) in [7, 11) is 0. The van der Waals surface area contributed by atoms with Crippen LogP contribution in [0, 0.1) is 5.82 Å². The molecule has 0 bridgehead atoms. The zero-order chi connectivity index (χ0) is 20.2. The quantitative estimate of drug-likeness (QED) is 0.646. The van der Waals surface area contributed by atoms with Gasteiger partial charge in [0.05, 0.1) is 0 Å². The number of nitrogens with two attached hydrogens (primary N) is 1. The summed E-state index contributed by atoms with van der Waals surface area (Å²) in [5.74, 6) is 0.846. The SMILES string of the molecule is Cl.N[C@@H]1CN(C(=O)CCCc2nc(-c3ccc(F)cc3)no2)C[C@H]1c1ccccc1. The third kappa shape index (κ3) is 5.04. The second kappa shape index (κ2) is 9.82. The van der Waals surface area contributed by atoms with Crippen LogP contribution in [0.15, 0.2) is 59.1 Å².